The van der Waals surface area contributed by atoms with Crippen molar-refractivity contribution in [3.8, 4) is 0 Å². The molecule has 1 aromatic carbocycles. The van der Waals surface area contributed by atoms with Crippen molar-refractivity contribution in [2.45, 2.75) is 6.54 Å². The minimum atomic E-state index is -0.364. The van der Waals surface area contributed by atoms with Crippen molar-refractivity contribution in [2.24, 2.45) is 7.05 Å². The summed E-state index contributed by atoms with van der Waals surface area (Å²) in [4.78, 5) is 39.3. The topological polar surface area (TPSA) is 84.7 Å². The second-order valence-corrected chi connectivity index (χ2v) is 5.60. The molecule has 1 aliphatic rings. The summed E-state index contributed by atoms with van der Waals surface area (Å²) >= 11 is 0. The van der Waals surface area contributed by atoms with Crippen LogP contribution < -0.4 is 5.56 Å². The summed E-state index contributed by atoms with van der Waals surface area (Å²) < 4.78 is 6.18. The van der Waals surface area contributed by atoms with Gasteiger partial charge in [0.15, 0.2) is 0 Å². The Kier molecular flexibility index (Phi) is 4.30. The van der Waals surface area contributed by atoms with E-state index in [1.54, 1.807) is 38.4 Å². The van der Waals surface area contributed by atoms with E-state index in [1.165, 1.54) is 9.58 Å². The van der Waals surface area contributed by atoms with Crippen molar-refractivity contribution in [3.05, 3.63) is 40.3 Å². The molecule has 24 heavy (non-hydrogen) atoms. The lowest BCUT2D eigenvalue weighted by Gasteiger charge is -2.17. The number of carbonyl (C=O) groups excluding carboxylic acids is 2. The maximum Gasteiger partial charge on any atom is 0.327 e. The number of carbonyl (C=O) groups is 2. The Hall–Kier alpha value is -2.74. The molecule has 3 rings (SSSR count). The van der Waals surface area contributed by atoms with E-state index in [0.29, 0.717) is 29.6 Å². The number of imide groups is 1. The zero-order chi connectivity index (χ0) is 17.3. The molecule has 0 spiro atoms. The van der Waals surface area contributed by atoms with E-state index in [4.69, 9.17) is 4.74 Å². The first kappa shape index (κ1) is 16.1. The molecule has 1 aromatic heterocycles. The van der Waals surface area contributed by atoms with Crippen molar-refractivity contribution in [2.75, 3.05) is 26.8 Å². The van der Waals surface area contributed by atoms with Crippen LogP contribution in [0.15, 0.2) is 29.1 Å². The van der Waals surface area contributed by atoms with Crippen LogP contribution in [0.1, 0.15) is 5.69 Å². The van der Waals surface area contributed by atoms with Gasteiger partial charge in [-0.05, 0) is 6.07 Å². The highest BCUT2D eigenvalue weighted by Gasteiger charge is 2.36. The number of aromatic nitrogens is 2. The highest BCUT2D eigenvalue weighted by atomic mass is 16.5. The number of ether oxygens (including phenoxy) is 1. The number of methoxy groups -OCH3 is 1. The Morgan fingerprint density at radius 3 is 2.58 bits per heavy atom. The monoisotopic (exact) mass is 330 g/mol. The minimum absolute atomic E-state index is 0.0336. The molecule has 2 aromatic rings. The van der Waals surface area contributed by atoms with Gasteiger partial charge in [0.25, 0.3) is 11.5 Å². The van der Waals surface area contributed by atoms with E-state index >= 15 is 0 Å². The van der Waals surface area contributed by atoms with Crippen LogP contribution in [-0.4, -0.2) is 58.3 Å². The number of nitrogens with zero attached hydrogens (tertiary/aromatic N) is 4. The van der Waals surface area contributed by atoms with Gasteiger partial charge in [0, 0.05) is 26.1 Å². The number of hydrogen-bond acceptors (Lipinski definition) is 5. The standard InChI is InChI=1S/C16H18N4O4/c1-18-15(22)12-6-4-3-5-11(12)13(17-18)9-20-14(21)10-19(16(20)23)7-8-24-2/h3-6H,7-10H2,1-2H3. The van der Waals surface area contributed by atoms with Gasteiger partial charge < -0.3 is 9.64 Å². The van der Waals surface area contributed by atoms with Gasteiger partial charge in [-0.15, -0.1) is 0 Å². The predicted octanol–water partition coefficient (Wildman–Crippen LogP) is 0.344. The first-order valence-corrected chi connectivity index (χ1v) is 7.56. The molecule has 126 valence electrons. The maximum atomic E-state index is 12.4. The lowest BCUT2D eigenvalue weighted by molar-refractivity contribution is -0.125. The SMILES string of the molecule is COCCN1CC(=O)N(Cc2nn(C)c(=O)c3ccccc23)C1=O. The normalized spacial score (nSPS) is 14.9. The molecular weight excluding hydrogens is 312 g/mol. The number of fused-ring (bicyclic) bond motifs is 1. The smallest absolute Gasteiger partial charge is 0.327 e. The summed E-state index contributed by atoms with van der Waals surface area (Å²) in [5.74, 6) is -0.282. The van der Waals surface area contributed by atoms with Gasteiger partial charge in [-0.2, -0.15) is 5.10 Å². The molecule has 8 heteroatoms. The lowest BCUT2D eigenvalue weighted by Crippen LogP contribution is -2.35. The molecule has 0 saturated carbocycles. The molecule has 1 fully saturated rings. The number of amides is 3. The summed E-state index contributed by atoms with van der Waals surface area (Å²) in [5, 5.41) is 5.40. The van der Waals surface area contributed by atoms with E-state index in [0.717, 1.165) is 4.90 Å². The summed E-state index contributed by atoms with van der Waals surface area (Å²) in [6.45, 7) is 0.800. The quantitative estimate of drug-likeness (QED) is 0.738. The van der Waals surface area contributed by atoms with E-state index in [9.17, 15) is 14.4 Å². The van der Waals surface area contributed by atoms with Gasteiger partial charge in [-0.25, -0.2) is 9.48 Å². The largest absolute Gasteiger partial charge is 0.383 e. The second kappa shape index (κ2) is 6.40. The molecule has 8 nitrogen and oxygen atoms in total. The highest BCUT2D eigenvalue weighted by molar-refractivity contribution is 6.02. The molecule has 0 bridgehead atoms. The highest BCUT2D eigenvalue weighted by Crippen LogP contribution is 2.18. The number of rotatable bonds is 5. The van der Waals surface area contributed by atoms with Crippen LogP contribution in [0.5, 0.6) is 0 Å². The summed E-state index contributed by atoms with van der Waals surface area (Å²) in [6, 6.07) is 6.68. The third-order valence-electron chi connectivity index (χ3n) is 4.03. The molecule has 1 saturated heterocycles. The first-order valence-electron chi connectivity index (χ1n) is 7.56. The van der Waals surface area contributed by atoms with Crippen molar-refractivity contribution < 1.29 is 14.3 Å². The Bertz CT molecular complexity index is 861. The Labute approximate surface area is 138 Å². The van der Waals surface area contributed by atoms with Crippen LogP contribution in [0.3, 0.4) is 0 Å². The first-order chi connectivity index (χ1) is 11.5. The minimum Gasteiger partial charge on any atom is -0.383 e. The van der Waals surface area contributed by atoms with Crippen molar-refractivity contribution in [3.63, 3.8) is 0 Å². The molecule has 0 unspecified atom stereocenters. The van der Waals surface area contributed by atoms with Crippen LogP contribution in [0, 0.1) is 0 Å². The fraction of sp³-hybridized carbons (Fsp3) is 0.375. The Morgan fingerprint density at radius 2 is 1.88 bits per heavy atom. The Morgan fingerprint density at radius 1 is 1.17 bits per heavy atom. The third kappa shape index (κ3) is 2.76. The fourth-order valence-corrected chi connectivity index (χ4v) is 2.77. The van der Waals surface area contributed by atoms with Crippen LogP contribution in [0.4, 0.5) is 4.79 Å². The third-order valence-corrected chi connectivity index (χ3v) is 4.03. The van der Waals surface area contributed by atoms with E-state index in [1.807, 2.05) is 0 Å². The zero-order valence-electron chi connectivity index (χ0n) is 13.6. The van der Waals surface area contributed by atoms with Crippen molar-refractivity contribution >= 4 is 22.7 Å². The average molecular weight is 330 g/mol. The van der Waals surface area contributed by atoms with Crippen LogP contribution in [0.25, 0.3) is 10.8 Å². The van der Waals surface area contributed by atoms with Gasteiger partial charge in [0.2, 0.25) is 0 Å². The van der Waals surface area contributed by atoms with Crippen LogP contribution in [0.2, 0.25) is 0 Å². The lowest BCUT2D eigenvalue weighted by atomic mass is 10.1. The van der Waals surface area contributed by atoms with Crippen molar-refractivity contribution in [1.29, 1.82) is 0 Å². The van der Waals surface area contributed by atoms with Gasteiger partial charge in [-0.1, -0.05) is 18.2 Å². The van der Waals surface area contributed by atoms with Gasteiger partial charge >= 0.3 is 6.03 Å². The average Bonchev–Trinajstić information content (AvgIpc) is 2.85. The van der Waals surface area contributed by atoms with E-state index < -0.39 is 0 Å². The number of hydrogen-bond donors (Lipinski definition) is 0. The van der Waals surface area contributed by atoms with Crippen molar-refractivity contribution in [1.82, 2.24) is 19.6 Å². The molecule has 2 heterocycles. The van der Waals surface area contributed by atoms with E-state index in [-0.39, 0.29) is 30.6 Å². The van der Waals surface area contributed by atoms with Crippen LogP contribution >= 0.6 is 0 Å². The zero-order valence-corrected chi connectivity index (χ0v) is 13.6. The summed E-state index contributed by atoms with van der Waals surface area (Å²) in [7, 11) is 3.09. The molecule has 0 N–H and O–H groups in total. The molecule has 0 radical (unpaired) electrons. The summed E-state index contributed by atoms with van der Waals surface area (Å²) in [5.41, 5.74) is 0.304. The van der Waals surface area contributed by atoms with Gasteiger partial charge in [0.1, 0.15) is 6.54 Å². The molecule has 3 amide bonds. The number of aryl methyl sites for hydroxylation is 1. The second-order valence-electron chi connectivity index (χ2n) is 5.60. The molecule has 0 atom stereocenters. The van der Waals surface area contributed by atoms with Gasteiger partial charge in [-0.3, -0.25) is 14.5 Å². The number of benzene rings is 1. The fourth-order valence-electron chi connectivity index (χ4n) is 2.77. The maximum absolute atomic E-state index is 12.4. The molecule has 0 aliphatic carbocycles. The van der Waals surface area contributed by atoms with Gasteiger partial charge in [0.05, 0.1) is 24.2 Å². The molecular formula is C16H18N4O4. The summed E-state index contributed by atoms with van der Waals surface area (Å²) in [6.07, 6.45) is 0. The predicted molar refractivity (Wildman–Crippen MR) is 86.4 cm³/mol. The van der Waals surface area contributed by atoms with Crippen LogP contribution in [-0.2, 0) is 23.1 Å². The van der Waals surface area contributed by atoms with E-state index in [2.05, 4.69) is 5.10 Å². The Balaban J connectivity index is 1.93. The molecule has 1 aliphatic heterocycles. The number of urea groups is 1.